The van der Waals surface area contributed by atoms with E-state index < -0.39 is 16.6 Å². The molecule has 103 valence electrons. The Labute approximate surface area is 114 Å². The molecule has 0 saturated carbocycles. The van der Waals surface area contributed by atoms with E-state index in [2.05, 4.69) is 5.32 Å². The highest BCUT2D eigenvalue weighted by Gasteiger charge is 2.51. The zero-order valence-electron chi connectivity index (χ0n) is 12.1. The molecule has 1 fully saturated rings. The molecule has 0 spiro atoms. The monoisotopic (exact) mass is 273 g/mol. The fourth-order valence-corrected chi connectivity index (χ4v) is 2.64. The third-order valence-electron chi connectivity index (χ3n) is 3.16. The molecule has 0 aromatic heterocycles. The van der Waals surface area contributed by atoms with E-state index >= 15 is 0 Å². The van der Waals surface area contributed by atoms with Crippen molar-refractivity contribution < 1.29 is 10.0 Å². The lowest BCUT2D eigenvalue weighted by molar-refractivity contribution is -0.243. The van der Waals surface area contributed by atoms with Crippen molar-refractivity contribution in [2.45, 2.75) is 59.7 Å². The molecule has 4 nitrogen and oxygen atoms in total. The smallest absolute Gasteiger partial charge is 0.181 e. The minimum absolute atomic E-state index is 0.124. The maximum atomic E-state index is 12.2. The Morgan fingerprint density at radius 3 is 1.94 bits per heavy atom. The van der Waals surface area contributed by atoms with Gasteiger partial charge in [-0.25, -0.2) is 0 Å². The Morgan fingerprint density at radius 2 is 1.67 bits per heavy atom. The lowest BCUT2D eigenvalue weighted by Gasteiger charge is -2.29. The van der Waals surface area contributed by atoms with Gasteiger partial charge < -0.3 is 5.32 Å². The van der Waals surface area contributed by atoms with Gasteiger partial charge in [-0.15, -0.1) is 10.3 Å². The molecule has 0 amide bonds. The molecule has 1 rings (SSSR count). The Bertz CT molecular complexity index is 406. The summed E-state index contributed by atoms with van der Waals surface area (Å²) in [6, 6.07) is 0. The number of nitrogens with one attached hydrogen (secondary N) is 1. The van der Waals surface area contributed by atoms with Gasteiger partial charge in [0.2, 0.25) is 0 Å². The summed E-state index contributed by atoms with van der Waals surface area (Å²) in [5.41, 5.74) is -1.66. The lowest BCUT2D eigenvalue weighted by Crippen LogP contribution is -2.47. The van der Waals surface area contributed by atoms with E-state index in [0.717, 1.165) is 5.06 Å². The first-order chi connectivity index (χ1) is 7.82. The van der Waals surface area contributed by atoms with Gasteiger partial charge in [0, 0.05) is 5.41 Å². The van der Waals surface area contributed by atoms with Crippen molar-refractivity contribution in [1.29, 1.82) is 0 Å². The molecule has 0 unspecified atom stereocenters. The number of nitrogens with zero attached hydrogens (tertiary/aromatic N) is 1. The largest absolute Gasteiger partial charge is 0.366 e. The first-order valence-corrected chi connectivity index (χ1v) is 6.40. The van der Waals surface area contributed by atoms with Crippen molar-refractivity contribution in [3.05, 3.63) is 10.7 Å². The highest BCUT2D eigenvalue weighted by Crippen LogP contribution is 2.39. The van der Waals surface area contributed by atoms with Crippen LogP contribution in [-0.4, -0.2) is 22.0 Å². The average molecular weight is 274 g/mol. The van der Waals surface area contributed by atoms with Crippen molar-refractivity contribution in [3.63, 3.8) is 0 Å². The van der Waals surface area contributed by atoms with Gasteiger partial charge in [0.15, 0.2) is 5.78 Å². The molecule has 0 aliphatic carbocycles. The van der Waals surface area contributed by atoms with Gasteiger partial charge in [0.05, 0.1) is 11.2 Å². The number of rotatable bonds is 1. The summed E-state index contributed by atoms with van der Waals surface area (Å²) in [6.07, 6.45) is 0. The summed E-state index contributed by atoms with van der Waals surface area (Å²) < 4.78 is 0. The topological polar surface area (TPSA) is 52.2 Å². The quantitative estimate of drug-likeness (QED) is 0.748. The fourth-order valence-electron chi connectivity index (χ4n) is 2.08. The van der Waals surface area contributed by atoms with Crippen molar-refractivity contribution in [2.75, 3.05) is 0 Å². The summed E-state index contributed by atoms with van der Waals surface area (Å²) in [7, 11) is 0. The summed E-state index contributed by atoms with van der Waals surface area (Å²) in [4.78, 5) is 12.2. The van der Waals surface area contributed by atoms with Gasteiger partial charge in [-0.2, -0.15) is 0 Å². The third-order valence-corrected chi connectivity index (χ3v) is 3.52. The predicted octanol–water partition coefficient (Wildman–Crippen LogP) is 2.82. The predicted molar refractivity (Wildman–Crippen MR) is 71.2 cm³/mol. The van der Waals surface area contributed by atoms with Crippen LogP contribution in [0.5, 0.6) is 0 Å². The van der Waals surface area contributed by atoms with Crippen molar-refractivity contribution in [1.82, 2.24) is 10.4 Å². The minimum atomic E-state index is -0.832. The van der Waals surface area contributed by atoms with E-state index in [1.807, 2.05) is 0 Å². The van der Waals surface area contributed by atoms with Gasteiger partial charge >= 0.3 is 0 Å². The number of Topliss-reactive ketones (excluding diaryl/α,β-unsaturated/α-hetero) is 1. The molecule has 1 aliphatic rings. The number of allylic oxidation sites excluding steroid dienone is 1. The average Bonchev–Trinajstić information content (AvgIpc) is 2.35. The van der Waals surface area contributed by atoms with Crippen LogP contribution < -0.4 is 5.32 Å². The van der Waals surface area contributed by atoms with Crippen molar-refractivity contribution >= 4 is 17.4 Å². The number of carbonyl (C=O) groups excluding carboxylic acids is 1. The molecule has 0 aromatic rings. The zero-order valence-corrected chi connectivity index (χ0v) is 12.9. The molecule has 1 heterocycles. The number of hydrogen-bond acceptors (Lipinski definition) is 3. The Morgan fingerprint density at radius 1 is 1.22 bits per heavy atom. The van der Waals surface area contributed by atoms with Crippen molar-refractivity contribution in [3.8, 4) is 0 Å². The van der Waals surface area contributed by atoms with E-state index in [9.17, 15) is 10.0 Å². The molecule has 1 aliphatic heterocycles. The standard InChI is InChI=1S/C13H22ClN2O2/c1-11(2,3)10(17)8(14)9-12(4,5)16(18)13(6,7)15-9/h15H,1-7H3/b9-8+. The van der Waals surface area contributed by atoms with Gasteiger partial charge in [0.25, 0.3) is 0 Å². The maximum absolute atomic E-state index is 12.2. The summed E-state index contributed by atoms with van der Waals surface area (Å²) in [5, 5.41) is 16.3. The Kier molecular flexibility index (Phi) is 3.63. The summed E-state index contributed by atoms with van der Waals surface area (Å²) in [5.74, 6) is -0.161. The van der Waals surface area contributed by atoms with Crippen molar-refractivity contribution in [2.24, 2.45) is 5.41 Å². The summed E-state index contributed by atoms with van der Waals surface area (Å²) in [6.45, 7) is 12.5. The maximum Gasteiger partial charge on any atom is 0.181 e. The molecule has 1 N–H and O–H groups in total. The van der Waals surface area contributed by atoms with E-state index in [1.54, 1.807) is 48.5 Å². The first-order valence-electron chi connectivity index (χ1n) is 6.02. The van der Waals surface area contributed by atoms with E-state index in [4.69, 9.17) is 11.6 Å². The highest BCUT2D eigenvalue weighted by atomic mass is 35.5. The minimum Gasteiger partial charge on any atom is -0.366 e. The van der Waals surface area contributed by atoms with Gasteiger partial charge in [-0.05, 0) is 27.7 Å². The lowest BCUT2D eigenvalue weighted by atomic mass is 9.88. The van der Waals surface area contributed by atoms with Crippen LogP contribution in [0.15, 0.2) is 10.7 Å². The third kappa shape index (κ3) is 2.42. The van der Waals surface area contributed by atoms with Crippen LogP contribution in [-0.2, 0) is 10.0 Å². The Balaban J connectivity index is 3.29. The number of hydroxylamine groups is 2. The molecule has 18 heavy (non-hydrogen) atoms. The van der Waals surface area contributed by atoms with Crippen LogP contribution in [0.4, 0.5) is 0 Å². The fraction of sp³-hybridized carbons (Fsp3) is 0.769. The molecule has 0 bridgehead atoms. The molecular formula is C13H22ClN2O2. The second-order valence-electron chi connectivity index (χ2n) is 6.81. The van der Waals surface area contributed by atoms with Crippen LogP contribution in [0.3, 0.4) is 0 Å². The van der Waals surface area contributed by atoms with Crippen LogP contribution >= 0.6 is 11.6 Å². The van der Waals surface area contributed by atoms with Crippen LogP contribution in [0.1, 0.15) is 48.5 Å². The second-order valence-corrected chi connectivity index (χ2v) is 7.18. The van der Waals surface area contributed by atoms with E-state index in [-0.39, 0.29) is 10.8 Å². The molecule has 5 heteroatoms. The molecule has 0 aromatic carbocycles. The van der Waals surface area contributed by atoms with Crippen LogP contribution in [0.2, 0.25) is 0 Å². The van der Waals surface area contributed by atoms with E-state index in [0.29, 0.717) is 5.70 Å². The van der Waals surface area contributed by atoms with E-state index in [1.165, 1.54) is 0 Å². The van der Waals surface area contributed by atoms with Crippen LogP contribution in [0.25, 0.3) is 0 Å². The molecule has 0 atom stereocenters. The number of halogens is 1. The molecule has 1 radical (unpaired) electrons. The van der Waals surface area contributed by atoms with Gasteiger partial charge in [0.1, 0.15) is 10.7 Å². The number of carbonyl (C=O) groups is 1. The normalized spacial score (nSPS) is 25.8. The zero-order chi connectivity index (χ0) is 14.5. The first kappa shape index (κ1) is 15.5. The van der Waals surface area contributed by atoms with Crippen LogP contribution in [0, 0.1) is 5.41 Å². The second kappa shape index (κ2) is 4.22. The Hall–Kier alpha value is -0.580. The SMILES string of the molecule is CC(C)(C)C(=O)/C(Cl)=C1\NC(C)(C)N([O])C1(C)C. The van der Waals surface area contributed by atoms with Gasteiger partial charge in [-0.1, -0.05) is 32.4 Å². The highest BCUT2D eigenvalue weighted by molar-refractivity contribution is 6.43. The van der Waals surface area contributed by atoms with Gasteiger partial charge in [-0.3, -0.25) is 4.79 Å². The molecule has 1 saturated heterocycles. The number of ketones is 1. The summed E-state index contributed by atoms with van der Waals surface area (Å²) >= 11 is 6.20. The molecular weight excluding hydrogens is 252 g/mol. The number of hydrogen-bond donors (Lipinski definition) is 1.